The van der Waals surface area contributed by atoms with Crippen molar-refractivity contribution in [2.24, 2.45) is 0 Å². The number of alkyl halides is 3. The van der Waals surface area contributed by atoms with Crippen molar-refractivity contribution in [3.05, 3.63) is 57.8 Å². The van der Waals surface area contributed by atoms with E-state index in [0.717, 1.165) is 4.57 Å². The van der Waals surface area contributed by atoms with Gasteiger partial charge in [-0.05, 0) is 30.7 Å². The molecule has 0 saturated carbocycles. The van der Waals surface area contributed by atoms with Crippen molar-refractivity contribution in [2.45, 2.75) is 19.1 Å². The van der Waals surface area contributed by atoms with Gasteiger partial charge in [0, 0.05) is 13.2 Å². The molecule has 12 heteroatoms. The summed E-state index contributed by atoms with van der Waals surface area (Å²) < 4.78 is 41.6. The molecule has 2 aromatic carbocycles. The van der Waals surface area contributed by atoms with Crippen LogP contribution in [-0.2, 0) is 17.5 Å². The van der Waals surface area contributed by atoms with Gasteiger partial charge in [0.25, 0.3) is 5.91 Å². The van der Waals surface area contributed by atoms with Crippen LogP contribution in [0.1, 0.15) is 22.6 Å². The Labute approximate surface area is 190 Å². The number of carbonyl (C=O) groups excluding carboxylic acids is 2. The molecule has 7 nitrogen and oxygen atoms in total. The maximum Gasteiger partial charge on any atom is 0.449 e. The van der Waals surface area contributed by atoms with Gasteiger partial charge in [0.2, 0.25) is 11.7 Å². The number of nitrogens with one attached hydrogen (secondary N) is 2. The largest absolute Gasteiger partial charge is 0.449 e. The Kier molecular flexibility index (Phi) is 7.27. The van der Waals surface area contributed by atoms with Gasteiger partial charge in [-0.1, -0.05) is 35.3 Å². The normalized spacial score (nSPS) is 11.6. The van der Waals surface area contributed by atoms with Gasteiger partial charge >= 0.3 is 6.18 Å². The van der Waals surface area contributed by atoms with E-state index in [4.69, 9.17) is 28.3 Å². The number of rotatable bonds is 7. The number of hydrogen-bond donors (Lipinski definition) is 3. The van der Waals surface area contributed by atoms with E-state index in [1.807, 2.05) is 0 Å². The van der Waals surface area contributed by atoms with Gasteiger partial charge in [-0.3, -0.25) is 9.59 Å². The van der Waals surface area contributed by atoms with Crippen LogP contribution < -0.4 is 10.6 Å². The van der Waals surface area contributed by atoms with Crippen LogP contribution in [0.4, 0.5) is 18.9 Å². The molecule has 0 radical (unpaired) electrons. The molecule has 0 atom stereocenters. The third-order valence-corrected chi connectivity index (χ3v) is 5.06. The molecule has 0 spiro atoms. The summed E-state index contributed by atoms with van der Waals surface area (Å²) in [6.07, 6.45) is -4.58. The van der Waals surface area contributed by atoms with E-state index in [2.05, 4.69) is 15.6 Å². The van der Waals surface area contributed by atoms with E-state index >= 15 is 0 Å². The fourth-order valence-corrected chi connectivity index (χ4v) is 3.60. The minimum absolute atomic E-state index is 0.00214. The number of imidazole rings is 1. The van der Waals surface area contributed by atoms with Gasteiger partial charge in [-0.25, -0.2) is 4.98 Å². The van der Waals surface area contributed by atoms with Crippen LogP contribution in [-0.4, -0.2) is 39.6 Å². The molecule has 0 aliphatic carbocycles. The van der Waals surface area contributed by atoms with Gasteiger partial charge in [-0.2, -0.15) is 13.2 Å². The first kappa shape index (κ1) is 23.8. The molecule has 32 heavy (non-hydrogen) atoms. The Bertz CT molecular complexity index is 1140. The summed E-state index contributed by atoms with van der Waals surface area (Å²) in [6, 6.07) is 8.61. The molecule has 0 aliphatic rings. The number of halogens is 5. The number of benzene rings is 2. The van der Waals surface area contributed by atoms with Crippen molar-refractivity contribution in [1.82, 2.24) is 14.9 Å². The van der Waals surface area contributed by atoms with Gasteiger partial charge in [0.1, 0.15) is 12.1 Å². The summed E-state index contributed by atoms with van der Waals surface area (Å²) in [5, 5.41) is 13.8. The first-order valence-corrected chi connectivity index (χ1v) is 10.1. The van der Waals surface area contributed by atoms with Crippen molar-refractivity contribution in [3.8, 4) is 0 Å². The third-order valence-electron chi connectivity index (χ3n) is 4.43. The van der Waals surface area contributed by atoms with E-state index < -0.39 is 30.4 Å². The molecule has 0 bridgehead atoms. The molecular weight excluding hydrogens is 472 g/mol. The predicted molar refractivity (Wildman–Crippen MR) is 114 cm³/mol. The monoisotopic (exact) mass is 488 g/mol. The van der Waals surface area contributed by atoms with Crippen LogP contribution in [0.2, 0.25) is 10.0 Å². The Hall–Kier alpha value is -2.82. The zero-order chi connectivity index (χ0) is 23.5. The minimum Gasteiger partial charge on any atom is -0.396 e. The second-order valence-corrected chi connectivity index (χ2v) is 7.48. The molecule has 3 rings (SSSR count). The van der Waals surface area contributed by atoms with E-state index in [1.54, 1.807) is 6.07 Å². The topological polar surface area (TPSA) is 96.2 Å². The Morgan fingerprint density at radius 1 is 1.09 bits per heavy atom. The molecular formula is C20H17Cl2F3N4O3. The van der Waals surface area contributed by atoms with Crippen LogP contribution in [0.5, 0.6) is 0 Å². The average molecular weight is 489 g/mol. The molecule has 170 valence electrons. The van der Waals surface area contributed by atoms with Gasteiger partial charge < -0.3 is 20.3 Å². The Morgan fingerprint density at radius 2 is 1.75 bits per heavy atom. The van der Waals surface area contributed by atoms with Crippen LogP contribution in [0, 0.1) is 0 Å². The molecule has 3 aromatic rings. The highest BCUT2D eigenvalue weighted by molar-refractivity contribution is 6.40. The molecule has 1 heterocycles. The maximum absolute atomic E-state index is 13.6. The highest BCUT2D eigenvalue weighted by atomic mass is 35.5. The summed E-state index contributed by atoms with van der Waals surface area (Å²) in [4.78, 5) is 28.5. The van der Waals surface area contributed by atoms with E-state index in [1.165, 1.54) is 30.3 Å². The number of amides is 2. The number of nitrogens with zero attached hydrogens (tertiary/aromatic N) is 2. The fraction of sp³-hybridized carbons (Fsp3) is 0.250. The number of aliphatic hydroxyl groups excluding tert-OH is 1. The standard InChI is InChI=1S/C20H17Cl2F3N4O3/c21-11-4-1-5-12(22)16(11)18(32)27-13-6-2-7-14-17(13)28-19(20(23,24)25)29(14)10-15(31)26-8-3-9-30/h1-2,4-7,30H,3,8-10H2,(H,26,31)(H,27,32). The lowest BCUT2D eigenvalue weighted by Crippen LogP contribution is -2.30. The molecule has 2 amide bonds. The first-order valence-electron chi connectivity index (χ1n) is 9.33. The summed E-state index contributed by atoms with van der Waals surface area (Å²) >= 11 is 12.1. The number of aromatic nitrogens is 2. The lowest BCUT2D eigenvalue weighted by atomic mass is 10.2. The lowest BCUT2D eigenvalue weighted by Gasteiger charge is -2.12. The molecule has 0 saturated heterocycles. The van der Waals surface area contributed by atoms with Crippen LogP contribution in [0.15, 0.2) is 36.4 Å². The van der Waals surface area contributed by atoms with Crippen LogP contribution in [0.25, 0.3) is 11.0 Å². The van der Waals surface area contributed by atoms with E-state index in [-0.39, 0.29) is 51.9 Å². The summed E-state index contributed by atoms with van der Waals surface area (Å²) in [5.74, 6) is -2.69. The van der Waals surface area contributed by atoms with Crippen molar-refractivity contribution >= 4 is 51.7 Å². The minimum atomic E-state index is -4.85. The number of anilines is 1. The smallest absolute Gasteiger partial charge is 0.396 e. The van der Waals surface area contributed by atoms with E-state index in [0.29, 0.717) is 0 Å². The summed E-state index contributed by atoms with van der Waals surface area (Å²) in [6.45, 7) is -0.700. The Morgan fingerprint density at radius 3 is 2.38 bits per heavy atom. The number of para-hydroxylation sites is 1. The first-order chi connectivity index (χ1) is 15.1. The SMILES string of the molecule is O=C(Cn1c(C(F)(F)F)nc2c(NC(=O)c3c(Cl)cccc3Cl)cccc21)NCCCO. The van der Waals surface area contributed by atoms with Crippen molar-refractivity contribution < 1.29 is 27.9 Å². The van der Waals surface area contributed by atoms with Crippen molar-refractivity contribution in [2.75, 3.05) is 18.5 Å². The fourth-order valence-electron chi connectivity index (χ4n) is 3.03. The van der Waals surface area contributed by atoms with Gasteiger partial charge in [0.15, 0.2) is 0 Å². The summed E-state index contributed by atoms with van der Waals surface area (Å²) in [7, 11) is 0. The van der Waals surface area contributed by atoms with Gasteiger partial charge in [-0.15, -0.1) is 0 Å². The molecule has 1 aromatic heterocycles. The highest BCUT2D eigenvalue weighted by Crippen LogP contribution is 2.34. The summed E-state index contributed by atoms with van der Waals surface area (Å²) in [5.41, 5.74) is -0.197. The van der Waals surface area contributed by atoms with Gasteiger partial charge in [0.05, 0.1) is 26.8 Å². The number of hydrogen-bond acceptors (Lipinski definition) is 4. The van der Waals surface area contributed by atoms with Crippen LogP contribution in [0.3, 0.4) is 0 Å². The van der Waals surface area contributed by atoms with Crippen molar-refractivity contribution in [1.29, 1.82) is 0 Å². The zero-order valence-corrected chi connectivity index (χ0v) is 17.9. The number of fused-ring (bicyclic) bond motifs is 1. The second kappa shape index (κ2) is 9.76. The molecule has 3 N–H and O–H groups in total. The molecule has 0 fully saturated rings. The highest BCUT2D eigenvalue weighted by Gasteiger charge is 2.38. The third kappa shape index (κ3) is 5.14. The maximum atomic E-state index is 13.6. The molecule has 0 unspecified atom stereocenters. The average Bonchev–Trinajstić information content (AvgIpc) is 3.08. The number of carbonyl (C=O) groups is 2. The quantitative estimate of drug-likeness (QED) is 0.436. The second-order valence-electron chi connectivity index (χ2n) is 6.67. The van der Waals surface area contributed by atoms with E-state index in [9.17, 15) is 22.8 Å². The molecule has 0 aliphatic heterocycles. The number of aliphatic hydroxyl groups is 1. The predicted octanol–water partition coefficient (Wildman–Crippen LogP) is 4.11. The zero-order valence-electron chi connectivity index (χ0n) is 16.3. The Balaban J connectivity index is 2.00. The van der Waals surface area contributed by atoms with Crippen LogP contribution >= 0.6 is 23.2 Å². The lowest BCUT2D eigenvalue weighted by molar-refractivity contribution is -0.147. The van der Waals surface area contributed by atoms with Crippen molar-refractivity contribution in [3.63, 3.8) is 0 Å².